The van der Waals surface area contributed by atoms with Gasteiger partial charge in [-0.15, -0.1) is 0 Å². The summed E-state index contributed by atoms with van der Waals surface area (Å²) in [5.74, 6) is 0. The molecule has 28 heavy (non-hydrogen) atoms. The molecule has 0 saturated carbocycles. The van der Waals surface area contributed by atoms with Crippen LogP contribution in [0.5, 0.6) is 0 Å². The molecule has 0 spiro atoms. The number of benzene rings is 2. The van der Waals surface area contributed by atoms with Gasteiger partial charge in [-0.25, -0.2) is 8.42 Å². The number of hydrogen-bond donors (Lipinski definition) is 1. The summed E-state index contributed by atoms with van der Waals surface area (Å²) in [6.07, 6.45) is 4.91. The van der Waals surface area contributed by atoms with Crippen LogP contribution in [0.2, 0.25) is 5.02 Å². The van der Waals surface area contributed by atoms with E-state index >= 15 is 0 Å². The minimum atomic E-state index is -3.52. The highest BCUT2D eigenvalue weighted by Crippen LogP contribution is 2.27. The van der Waals surface area contributed by atoms with E-state index in [0.717, 1.165) is 35.2 Å². The van der Waals surface area contributed by atoms with Crippen molar-refractivity contribution in [2.24, 2.45) is 0 Å². The Morgan fingerprint density at radius 3 is 2.57 bits per heavy atom. The first-order valence-electron chi connectivity index (χ1n) is 9.35. The summed E-state index contributed by atoms with van der Waals surface area (Å²) >= 11 is 5.92. The smallest absolute Gasteiger partial charge is 0.243 e. The molecular weight excluding hydrogens is 394 g/mol. The van der Waals surface area contributed by atoms with Gasteiger partial charge in [0.2, 0.25) is 10.0 Å². The fourth-order valence-corrected chi connectivity index (χ4v) is 5.43. The van der Waals surface area contributed by atoms with E-state index in [1.54, 1.807) is 34.9 Å². The molecule has 1 N–H and O–H groups in total. The zero-order chi connectivity index (χ0) is 19.6. The molecule has 4 rings (SSSR count). The van der Waals surface area contributed by atoms with E-state index < -0.39 is 10.0 Å². The number of nitrogens with one attached hydrogen (secondary N) is 1. The van der Waals surface area contributed by atoms with Crippen LogP contribution in [0.15, 0.2) is 65.8 Å². The Morgan fingerprint density at radius 1 is 1.07 bits per heavy atom. The third-order valence-electron chi connectivity index (χ3n) is 5.22. The molecule has 3 aromatic rings. The third-order valence-corrected chi connectivity index (χ3v) is 7.43. The number of pyridine rings is 1. The van der Waals surface area contributed by atoms with E-state index in [0.29, 0.717) is 24.0 Å². The summed E-state index contributed by atoms with van der Waals surface area (Å²) < 4.78 is 28.0. The van der Waals surface area contributed by atoms with Gasteiger partial charge in [0.25, 0.3) is 0 Å². The van der Waals surface area contributed by atoms with Crippen LogP contribution in [0.25, 0.3) is 10.8 Å². The maximum Gasteiger partial charge on any atom is 0.243 e. The van der Waals surface area contributed by atoms with Crippen molar-refractivity contribution >= 4 is 32.4 Å². The Labute approximate surface area is 170 Å². The van der Waals surface area contributed by atoms with Crippen molar-refractivity contribution in [2.45, 2.75) is 30.3 Å². The number of halogens is 1. The molecule has 146 valence electrons. The quantitative estimate of drug-likeness (QED) is 0.687. The molecule has 0 aliphatic carbocycles. The molecule has 0 radical (unpaired) electrons. The van der Waals surface area contributed by atoms with Crippen LogP contribution < -0.4 is 5.32 Å². The van der Waals surface area contributed by atoms with Crippen molar-refractivity contribution in [1.82, 2.24) is 14.6 Å². The molecule has 0 unspecified atom stereocenters. The van der Waals surface area contributed by atoms with Gasteiger partial charge in [0.05, 0.1) is 4.90 Å². The molecule has 1 aromatic heterocycles. The molecule has 5 nitrogen and oxygen atoms in total. The zero-order valence-electron chi connectivity index (χ0n) is 15.4. The SMILES string of the molecule is O=S(=O)(c1cccc2cnccc12)N1CCC(NCc2ccc(Cl)cc2)CC1. The first kappa shape index (κ1) is 19.3. The van der Waals surface area contributed by atoms with Crippen LogP contribution in [-0.4, -0.2) is 36.8 Å². The van der Waals surface area contributed by atoms with E-state index in [-0.39, 0.29) is 0 Å². The van der Waals surface area contributed by atoms with E-state index in [2.05, 4.69) is 10.3 Å². The van der Waals surface area contributed by atoms with Gasteiger partial charge in [0.15, 0.2) is 0 Å². The van der Waals surface area contributed by atoms with Crippen molar-refractivity contribution in [3.05, 3.63) is 71.5 Å². The molecular formula is C21H22ClN3O2S. The van der Waals surface area contributed by atoms with Crippen molar-refractivity contribution in [1.29, 1.82) is 0 Å². The number of hydrogen-bond acceptors (Lipinski definition) is 4. The van der Waals surface area contributed by atoms with Gasteiger partial charge < -0.3 is 5.32 Å². The van der Waals surface area contributed by atoms with Crippen molar-refractivity contribution in [3.63, 3.8) is 0 Å². The maximum absolute atomic E-state index is 13.2. The first-order chi connectivity index (χ1) is 13.5. The second-order valence-electron chi connectivity index (χ2n) is 7.04. The monoisotopic (exact) mass is 415 g/mol. The van der Waals surface area contributed by atoms with Gasteiger partial charge in [0.1, 0.15) is 0 Å². The Bertz CT molecular complexity index is 1060. The largest absolute Gasteiger partial charge is 0.310 e. The summed E-state index contributed by atoms with van der Waals surface area (Å²) in [7, 11) is -3.52. The number of piperidine rings is 1. The van der Waals surface area contributed by atoms with Crippen molar-refractivity contribution in [2.75, 3.05) is 13.1 Å². The second kappa shape index (κ2) is 8.17. The minimum Gasteiger partial charge on any atom is -0.310 e. The van der Waals surface area contributed by atoms with E-state index in [1.165, 1.54) is 5.56 Å². The standard InChI is InChI=1S/C21H22ClN3O2S/c22-18-6-4-16(5-7-18)14-24-19-9-12-25(13-10-19)28(26,27)21-3-1-2-17-15-23-11-8-20(17)21/h1-8,11,15,19,24H,9-10,12-14H2. The van der Waals surface area contributed by atoms with Gasteiger partial charge in [-0.05, 0) is 42.7 Å². The molecule has 0 amide bonds. The Hall–Kier alpha value is -1.99. The molecule has 2 aromatic carbocycles. The van der Waals surface area contributed by atoms with Crippen LogP contribution in [0.4, 0.5) is 0 Å². The topological polar surface area (TPSA) is 62.3 Å². The summed E-state index contributed by atoms with van der Waals surface area (Å²) in [4.78, 5) is 4.45. The third kappa shape index (κ3) is 4.05. The highest BCUT2D eigenvalue weighted by atomic mass is 35.5. The minimum absolute atomic E-state index is 0.304. The Balaban J connectivity index is 1.42. The average molecular weight is 416 g/mol. The number of rotatable bonds is 5. The summed E-state index contributed by atoms with van der Waals surface area (Å²) in [6.45, 7) is 1.79. The van der Waals surface area contributed by atoms with Crippen LogP contribution >= 0.6 is 11.6 Å². The van der Waals surface area contributed by atoms with Gasteiger partial charge >= 0.3 is 0 Å². The van der Waals surface area contributed by atoms with Gasteiger partial charge in [-0.3, -0.25) is 4.98 Å². The van der Waals surface area contributed by atoms with Gasteiger partial charge in [-0.1, -0.05) is 35.9 Å². The normalized spacial score (nSPS) is 16.5. The van der Waals surface area contributed by atoms with Crippen LogP contribution in [0, 0.1) is 0 Å². The van der Waals surface area contributed by atoms with Gasteiger partial charge in [0, 0.05) is 53.9 Å². The molecule has 0 atom stereocenters. The van der Waals surface area contributed by atoms with Crippen molar-refractivity contribution < 1.29 is 8.42 Å². The average Bonchev–Trinajstić information content (AvgIpc) is 2.73. The maximum atomic E-state index is 13.2. The van der Waals surface area contributed by atoms with Gasteiger partial charge in [-0.2, -0.15) is 4.31 Å². The predicted molar refractivity (Wildman–Crippen MR) is 112 cm³/mol. The lowest BCUT2D eigenvalue weighted by molar-refractivity contribution is 0.289. The number of aromatic nitrogens is 1. The second-order valence-corrected chi connectivity index (χ2v) is 9.38. The van der Waals surface area contributed by atoms with Crippen molar-refractivity contribution in [3.8, 4) is 0 Å². The lowest BCUT2D eigenvalue weighted by atomic mass is 10.1. The number of sulfonamides is 1. The fourth-order valence-electron chi connectivity index (χ4n) is 3.62. The Kier molecular flexibility index (Phi) is 5.64. The lowest BCUT2D eigenvalue weighted by Gasteiger charge is -2.32. The summed E-state index contributed by atoms with van der Waals surface area (Å²) in [5.41, 5.74) is 1.17. The number of nitrogens with zero attached hydrogens (tertiary/aromatic N) is 2. The molecule has 0 bridgehead atoms. The zero-order valence-corrected chi connectivity index (χ0v) is 17.0. The molecule has 1 saturated heterocycles. The molecule has 2 heterocycles. The van der Waals surface area contributed by atoms with Crippen LogP contribution in [0.1, 0.15) is 18.4 Å². The van der Waals surface area contributed by atoms with E-state index in [1.807, 2.05) is 30.3 Å². The highest BCUT2D eigenvalue weighted by Gasteiger charge is 2.30. The number of fused-ring (bicyclic) bond motifs is 1. The summed E-state index contributed by atoms with van der Waals surface area (Å²) in [5, 5.41) is 5.81. The van der Waals surface area contributed by atoms with Crippen LogP contribution in [-0.2, 0) is 16.6 Å². The van der Waals surface area contributed by atoms with Crippen LogP contribution in [0.3, 0.4) is 0 Å². The first-order valence-corrected chi connectivity index (χ1v) is 11.2. The lowest BCUT2D eigenvalue weighted by Crippen LogP contribution is -2.44. The Morgan fingerprint density at radius 2 is 1.82 bits per heavy atom. The van der Waals surface area contributed by atoms with E-state index in [9.17, 15) is 8.42 Å². The predicted octanol–water partition coefficient (Wildman–Crippen LogP) is 3.83. The summed E-state index contributed by atoms with van der Waals surface area (Å²) in [6, 6.07) is 15.2. The molecule has 1 aliphatic heterocycles. The molecule has 1 aliphatic rings. The fraction of sp³-hybridized carbons (Fsp3) is 0.286. The highest BCUT2D eigenvalue weighted by molar-refractivity contribution is 7.89. The molecule has 7 heteroatoms. The van der Waals surface area contributed by atoms with E-state index in [4.69, 9.17) is 11.6 Å². The molecule has 1 fully saturated rings.